The van der Waals surface area contributed by atoms with Gasteiger partial charge in [0.25, 0.3) is 0 Å². The normalized spacial score (nSPS) is 14.4. The second-order valence-corrected chi connectivity index (χ2v) is 4.67. The lowest BCUT2D eigenvalue weighted by atomic mass is 10.0. The first-order valence-corrected chi connectivity index (χ1v) is 5.84. The van der Waals surface area contributed by atoms with Gasteiger partial charge in [-0.25, -0.2) is 0 Å². The summed E-state index contributed by atoms with van der Waals surface area (Å²) >= 11 is 0. The van der Waals surface area contributed by atoms with E-state index in [0.717, 1.165) is 6.42 Å². The van der Waals surface area contributed by atoms with Crippen molar-refractivity contribution in [1.29, 1.82) is 0 Å². The SMILES string of the molecule is CC(C)CC(N)CNCCCCC(F)(F)F. The molecule has 3 N–H and O–H groups in total. The van der Waals surface area contributed by atoms with Crippen LogP contribution < -0.4 is 11.1 Å². The van der Waals surface area contributed by atoms with E-state index in [2.05, 4.69) is 19.2 Å². The molecule has 0 aromatic carbocycles. The second kappa shape index (κ2) is 7.90. The fourth-order valence-corrected chi connectivity index (χ4v) is 1.55. The van der Waals surface area contributed by atoms with Crippen LogP contribution in [0.4, 0.5) is 13.2 Å². The van der Waals surface area contributed by atoms with Gasteiger partial charge in [0.1, 0.15) is 0 Å². The predicted octanol–water partition coefficient (Wildman–Crippen LogP) is 2.68. The summed E-state index contributed by atoms with van der Waals surface area (Å²) in [6, 6.07) is 0.0996. The van der Waals surface area contributed by atoms with E-state index in [1.54, 1.807) is 0 Å². The van der Waals surface area contributed by atoms with Crippen LogP contribution in [0.1, 0.15) is 39.5 Å². The Morgan fingerprint density at radius 3 is 2.31 bits per heavy atom. The zero-order valence-electron chi connectivity index (χ0n) is 10.1. The van der Waals surface area contributed by atoms with Crippen LogP contribution in [-0.2, 0) is 0 Å². The minimum absolute atomic E-state index is 0.0996. The van der Waals surface area contributed by atoms with Crippen LogP contribution >= 0.6 is 0 Å². The van der Waals surface area contributed by atoms with Gasteiger partial charge in [-0.05, 0) is 31.7 Å². The molecule has 0 spiro atoms. The summed E-state index contributed by atoms with van der Waals surface area (Å²) in [4.78, 5) is 0. The molecule has 16 heavy (non-hydrogen) atoms. The summed E-state index contributed by atoms with van der Waals surface area (Å²) in [7, 11) is 0. The molecule has 0 saturated carbocycles. The molecule has 1 atom stereocenters. The number of hydrogen-bond acceptors (Lipinski definition) is 2. The van der Waals surface area contributed by atoms with Crippen LogP contribution in [0.2, 0.25) is 0 Å². The Hall–Kier alpha value is -0.290. The predicted molar refractivity (Wildman–Crippen MR) is 60.2 cm³/mol. The van der Waals surface area contributed by atoms with Gasteiger partial charge in [0.15, 0.2) is 0 Å². The van der Waals surface area contributed by atoms with E-state index < -0.39 is 12.6 Å². The van der Waals surface area contributed by atoms with E-state index in [-0.39, 0.29) is 12.5 Å². The second-order valence-electron chi connectivity index (χ2n) is 4.67. The van der Waals surface area contributed by atoms with Crippen LogP contribution in [0.15, 0.2) is 0 Å². The number of halogens is 3. The third-order valence-electron chi connectivity index (χ3n) is 2.24. The third-order valence-corrected chi connectivity index (χ3v) is 2.24. The monoisotopic (exact) mass is 240 g/mol. The fourth-order valence-electron chi connectivity index (χ4n) is 1.55. The van der Waals surface area contributed by atoms with E-state index >= 15 is 0 Å². The van der Waals surface area contributed by atoms with Gasteiger partial charge in [0.05, 0.1) is 0 Å². The summed E-state index contributed by atoms with van der Waals surface area (Å²) in [5.74, 6) is 0.557. The molecule has 0 aliphatic carbocycles. The average Bonchev–Trinajstić information content (AvgIpc) is 2.07. The minimum atomic E-state index is -4.02. The molecule has 2 nitrogen and oxygen atoms in total. The first-order chi connectivity index (χ1) is 7.31. The van der Waals surface area contributed by atoms with E-state index in [4.69, 9.17) is 5.73 Å². The van der Waals surface area contributed by atoms with Gasteiger partial charge in [-0.1, -0.05) is 13.8 Å². The standard InChI is InChI=1S/C11H23F3N2/c1-9(2)7-10(15)8-16-6-4-3-5-11(12,13)14/h9-10,16H,3-8,15H2,1-2H3. The van der Waals surface area contributed by atoms with Crippen molar-refractivity contribution >= 4 is 0 Å². The topological polar surface area (TPSA) is 38.0 Å². The molecular formula is C11H23F3N2. The van der Waals surface area contributed by atoms with Crippen LogP contribution in [0, 0.1) is 5.92 Å². The van der Waals surface area contributed by atoms with Crippen molar-refractivity contribution in [2.45, 2.75) is 51.7 Å². The summed E-state index contributed by atoms with van der Waals surface area (Å²) in [5.41, 5.74) is 5.82. The van der Waals surface area contributed by atoms with E-state index in [9.17, 15) is 13.2 Å². The molecule has 0 heterocycles. The molecule has 0 aromatic heterocycles. The van der Waals surface area contributed by atoms with Gasteiger partial charge in [0.2, 0.25) is 0 Å². The maximum Gasteiger partial charge on any atom is 0.389 e. The van der Waals surface area contributed by atoms with Crippen molar-refractivity contribution in [3.63, 3.8) is 0 Å². The fraction of sp³-hybridized carbons (Fsp3) is 1.00. The largest absolute Gasteiger partial charge is 0.389 e. The van der Waals surface area contributed by atoms with Crippen molar-refractivity contribution in [1.82, 2.24) is 5.32 Å². The number of nitrogens with one attached hydrogen (secondary N) is 1. The number of hydrogen-bond donors (Lipinski definition) is 2. The molecule has 0 radical (unpaired) electrons. The molecule has 1 unspecified atom stereocenters. The molecule has 0 amide bonds. The highest BCUT2D eigenvalue weighted by atomic mass is 19.4. The quantitative estimate of drug-likeness (QED) is 0.640. The maximum atomic E-state index is 11.8. The molecule has 0 saturated heterocycles. The lowest BCUT2D eigenvalue weighted by molar-refractivity contribution is -0.135. The zero-order chi connectivity index (χ0) is 12.6. The molecule has 0 aliphatic rings. The number of alkyl halides is 3. The van der Waals surface area contributed by atoms with E-state index in [0.29, 0.717) is 25.4 Å². The molecule has 0 aromatic rings. The molecule has 0 bridgehead atoms. The van der Waals surface area contributed by atoms with Gasteiger partial charge in [-0.2, -0.15) is 13.2 Å². The molecule has 0 aliphatic heterocycles. The lowest BCUT2D eigenvalue weighted by Gasteiger charge is -2.14. The average molecular weight is 240 g/mol. The smallest absolute Gasteiger partial charge is 0.327 e. The molecular weight excluding hydrogens is 217 g/mol. The van der Waals surface area contributed by atoms with Crippen molar-refractivity contribution in [2.24, 2.45) is 11.7 Å². The Labute approximate surface area is 95.8 Å². The Balaban J connectivity index is 3.27. The Kier molecular flexibility index (Phi) is 7.76. The van der Waals surface area contributed by atoms with Gasteiger partial charge >= 0.3 is 6.18 Å². The Morgan fingerprint density at radius 1 is 1.19 bits per heavy atom. The highest BCUT2D eigenvalue weighted by Crippen LogP contribution is 2.21. The highest BCUT2D eigenvalue weighted by molar-refractivity contribution is 4.66. The number of rotatable bonds is 8. The first-order valence-electron chi connectivity index (χ1n) is 5.84. The van der Waals surface area contributed by atoms with Crippen LogP contribution in [0.5, 0.6) is 0 Å². The van der Waals surface area contributed by atoms with E-state index in [1.165, 1.54) is 0 Å². The van der Waals surface area contributed by atoms with Gasteiger partial charge in [-0.3, -0.25) is 0 Å². The summed E-state index contributed by atoms with van der Waals surface area (Å²) < 4.78 is 35.4. The van der Waals surface area contributed by atoms with Crippen LogP contribution in [0.25, 0.3) is 0 Å². The highest BCUT2D eigenvalue weighted by Gasteiger charge is 2.25. The van der Waals surface area contributed by atoms with Crippen molar-refractivity contribution in [2.75, 3.05) is 13.1 Å². The Bertz CT molecular complexity index is 169. The summed E-state index contributed by atoms with van der Waals surface area (Å²) in [5, 5.41) is 3.08. The van der Waals surface area contributed by atoms with Gasteiger partial charge in [-0.15, -0.1) is 0 Å². The van der Waals surface area contributed by atoms with Crippen molar-refractivity contribution in [3.8, 4) is 0 Å². The maximum absolute atomic E-state index is 11.8. The first kappa shape index (κ1) is 15.7. The van der Waals surface area contributed by atoms with Crippen LogP contribution in [0.3, 0.4) is 0 Å². The molecule has 0 rings (SSSR count). The van der Waals surface area contributed by atoms with Crippen LogP contribution in [-0.4, -0.2) is 25.3 Å². The number of unbranched alkanes of at least 4 members (excludes halogenated alkanes) is 1. The minimum Gasteiger partial charge on any atom is -0.327 e. The molecule has 98 valence electrons. The Morgan fingerprint density at radius 2 is 1.81 bits per heavy atom. The summed E-state index contributed by atoms with van der Waals surface area (Å²) in [6.07, 6.45) is -3.03. The van der Waals surface area contributed by atoms with Crippen molar-refractivity contribution < 1.29 is 13.2 Å². The summed E-state index contributed by atoms with van der Waals surface area (Å²) in [6.45, 7) is 5.50. The lowest BCUT2D eigenvalue weighted by Crippen LogP contribution is -2.35. The zero-order valence-corrected chi connectivity index (χ0v) is 10.1. The van der Waals surface area contributed by atoms with Gasteiger partial charge < -0.3 is 11.1 Å². The number of nitrogens with two attached hydrogens (primary N) is 1. The molecule has 5 heteroatoms. The van der Waals surface area contributed by atoms with Gasteiger partial charge in [0, 0.05) is 19.0 Å². The van der Waals surface area contributed by atoms with E-state index in [1.807, 2.05) is 0 Å². The van der Waals surface area contributed by atoms with Crippen molar-refractivity contribution in [3.05, 3.63) is 0 Å². The third kappa shape index (κ3) is 11.8. The molecule has 0 fully saturated rings.